The molecule has 542 valence electrons. The van der Waals surface area contributed by atoms with Crippen LogP contribution in [0.4, 0.5) is 0 Å². The highest BCUT2D eigenvalue weighted by Gasteiger charge is 2.51. The van der Waals surface area contributed by atoms with Crippen molar-refractivity contribution in [2.24, 2.45) is 0 Å². The maximum Gasteiger partial charge on any atom is 0.220 e. The van der Waals surface area contributed by atoms with E-state index in [2.05, 4.69) is 165 Å². The lowest BCUT2D eigenvalue weighted by atomic mass is 9.97. The summed E-state index contributed by atoms with van der Waals surface area (Å²) in [5, 5.41) is 87.7. The Morgan fingerprint density at radius 3 is 1.12 bits per heavy atom. The second-order valence-electron chi connectivity index (χ2n) is 25.7. The SMILES string of the molecule is CC/C=C\C/C=C\C/C=C\C/C=C\C/C=C\C/C=C\C/C=C\C/C=C\C/C=C\C/C=C\C/C=C\C/C=C\CCCCCCC(=O)NC(COC1OC(CO)C(OC2OC(CO)C(O)C(O)C2O)C(O)C1O)C(O)CCCCCCCCCCCCCCCCCCCCCC. The van der Waals surface area contributed by atoms with Gasteiger partial charge in [0.25, 0.3) is 0 Å². The number of carbonyl (C=O) groups excluding carboxylic acids is 1. The molecular formula is C81H135NO13. The van der Waals surface area contributed by atoms with Gasteiger partial charge in [-0.1, -0.05) is 301 Å². The summed E-state index contributed by atoms with van der Waals surface area (Å²) in [6.45, 7) is 2.74. The van der Waals surface area contributed by atoms with Crippen LogP contribution in [0.15, 0.2) is 146 Å². The second-order valence-corrected chi connectivity index (χ2v) is 25.7. The zero-order chi connectivity index (χ0) is 68.7. The minimum absolute atomic E-state index is 0.235. The maximum absolute atomic E-state index is 13.4. The Bertz CT molecular complexity index is 2160. The highest BCUT2D eigenvalue weighted by atomic mass is 16.7. The predicted molar refractivity (Wildman–Crippen MR) is 391 cm³/mol. The molecule has 0 saturated carbocycles. The van der Waals surface area contributed by atoms with Crippen LogP contribution < -0.4 is 5.32 Å². The lowest BCUT2D eigenvalue weighted by molar-refractivity contribution is -0.359. The number of unbranched alkanes of at least 4 members (excludes halogenated alkanes) is 23. The smallest absolute Gasteiger partial charge is 0.220 e. The zero-order valence-corrected chi connectivity index (χ0v) is 59.1. The summed E-state index contributed by atoms with van der Waals surface area (Å²) < 4.78 is 22.9. The van der Waals surface area contributed by atoms with Gasteiger partial charge in [-0.2, -0.15) is 0 Å². The van der Waals surface area contributed by atoms with Crippen LogP contribution in [0.5, 0.6) is 0 Å². The van der Waals surface area contributed by atoms with Gasteiger partial charge in [0.05, 0.1) is 32.0 Å². The molecule has 9 N–H and O–H groups in total. The molecule has 0 spiro atoms. The number of allylic oxidation sites excluding steroid dienone is 24. The van der Waals surface area contributed by atoms with E-state index >= 15 is 0 Å². The first-order valence-electron chi connectivity index (χ1n) is 37.6. The Kier molecular flexibility index (Phi) is 58.0. The first kappa shape index (κ1) is 87.0. The predicted octanol–water partition coefficient (Wildman–Crippen LogP) is 16.4. The third-order valence-corrected chi connectivity index (χ3v) is 17.3. The molecule has 0 aromatic carbocycles. The standard InChI is InChI=1S/C81H135NO13/c1-3-5-7-9-11-13-15-17-19-21-23-25-26-27-28-29-30-31-32-33-34-35-36-37-38-39-40-41-42-43-44-45-47-49-51-53-55-57-59-61-63-65-73(86)82-69(70(85)64-62-60-58-56-54-52-50-48-46-24-22-20-18-16-14-12-10-8-6-4-2)68-92-80-78(91)76(89)79(72(67-84)94-80)95-81-77(90)75(88)74(87)71(66-83)93-81/h5,7,11,13,17,19,23,25,27-28,30-31,33-34,36-37,39-40,42-43,45,47,51,53,69-72,74-81,83-85,87-91H,3-4,6,8-10,12,14-16,18,20-22,24,26,29,32,35,38,41,44,46,48-50,52,54-68H2,1-2H3,(H,82,86)/b7-5-,13-11-,19-17-,25-23-,28-27-,31-30-,34-33-,37-36-,40-39-,43-42-,47-45-,53-51-. The number of hydrogen-bond donors (Lipinski definition) is 9. The zero-order valence-electron chi connectivity index (χ0n) is 59.1. The van der Waals surface area contributed by atoms with Gasteiger partial charge in [0.1, 0.15) is 48.8 Å². The Morgan fingerprint density at radius 2 is 0.726 bits per heavy atom. The molecule has 2 aliphatic heterocycles. The Labute approximate surface area is 576 Å². The van der Waals surface area contributed by atoms with Crippen LogP contribution in [0.3, 0.4) is 0 Å². The minimum Gasteiger partial charge on any atom is -0.394 e. The lowest BCUT2D eigenvalue weighted by Crippen LogP contribution is -2.65. The van der Waals surface area contributed by atoms with E-state index in [1.54, 1.807) is 0 Å². The Balaban J connectivity index is 1.65. The number of amides is 1. The van der Waals surface area contributed by atoms with Crippen LogP contribution in [0.2, 0.25) is 0 Å². The van der Waals surface area contributed by atoms with Crippen LogP contribution in [-0.4, -0.2) is 140 Å². The van der Waals surface area contributed by atoms with Crippen LogP contribution in [0.25, 0.3) is 0 Å². The minimum atomic E-state index is -1.79. The fourth-order valence-electron chi connectivity index (χ4n) is 11.4. The molecule has 1 amide bonds. The van der Waals surface area contributed by atoms with E-state index in [9.17, 15) is 45.6 Å². The fraction of sp³-hybridized carbons (Fsp3) is 0.691. The molecule has 2 heterocycles. The monoisotopic (exact) mass is 1330 g/mol. The van der Waals surface area contributed by atoms with Crippen LogP contribution >= 0.6 is 0 Å². The van der Waals surface area contributed by atoms with Crippen molar-refractivity contribution in [2.75, 3.05) is 19.8 Å². The highest BCUT2D eigenvalue weighted by Crippen LogP contribution is 2.30. The van der Waals surface area contributed by atoms with Crippen molar-refractivity contribution >= 4 is 5.91 Å². The summed E-state index contributed by atoms with van der Waals surface area (Å²) in [7, 11) is 0. The van der Waals surface area contributed by atoms with Crippen LogP contribution in [-0.2, 0) is 23.7 Å². The van der Waals surface area contributed by atoms with Crippen molar-refractivity contribution in [3.8, 4) is 0 Å². The number of aliphatic hydroxyl groups is 8. The second kappa shape index (κ2) is 63.3. The quantitative estimate of drug-likeness (QED) is 0.0204. The van der Waals surface area contributed by atoms with Crippen molar-refractivity contribution in [3.63, 3.8) is 0 Å². The van der Waals surface area contributed by atoms with Crippen molar-refractivity contribution in [1.29, 1.82) is 0 Å². The van der Waals surface area contributed by atoms with E-state index in [1.165, 1.54) is 103 Å². The topological polar surface area (TPSA) is 228 Å². The van der Waals surface area contributed by atoms with Gasteiger partial charge in [-0.3, -0.25) is 4.79 Å². The summed E-state index contributed by atoms with van der Waals surface area (Å²) in [5.74, 6) is -0.235. The van der Waals surface area contributed by atoms with Gasteiger partial charge in [0.15, 0.2) is 12.6 Å². The number of nitrogens with one attached hydrogen (secondary N) is 1. The van der Waals surface area contributed by atoms with Crippen molar-refractivity contribution in [2.45, 2.75) is 338 Å². The van der Waals surface area contributed by atoms with E-state index in [1.807, 2.05) is 0 Å². The first-order valence-corrected chi connectivity index (χ1v) is 37.6. The molecule has 2 fully saturated rings. The summed E-state index contributed by atoms with van der Waals surface area (Å²) in [6.07, 6.45) is 78.6. The number of ether oxygens (including phenoxy) is 4. The summed E-state index contributed by atoms with van der Waals surface area (Å²) >= 11 is 0. The molecule has 0 aliphatic carbocycles. The van der Waals surface area contributed by atoms with Gasteiger partial charge < -0.3 is 65.1 Å². The summed E-state index contributed by atoms with van der Waals surface area (Å²) in [6, 6.07) is -0.854. The Morgan fingerprint density at radius 1 is 0.389 bits per heavy atom. The van der Waals surface area contributed by atoms with Crippen molar-refractivity contribution in [1.82, 2.24) is 5.32 Å². The van der Waals surface area contributed by atoms with Gasteiger partial charge in [-0.15, -0.1) is 0 Å². The van der Waals surface area contributed by atoms with Gasteiger partial charge >= 0.3 is 0 Å². The fourth-order valence-corrected chi connectivity index (χ4v) is 11.4. The molecule has 2 rings (SSSR count). The van der Waals surface area contributed by atoms with Gasteiger partial charge in [0.2, 0.25) is 5.91 Å². The van der Waals surface area contributed by atoms with E-state index < -0.39 is 86.8 Å². The van der Waals surface area contributed by atoms with Crippen molar-refractivity contribution < 1.29 is 64.6 Å². The molecule has 0 aromatic heterocycles. The Hall–Kier alpha value is -4.13. The molecule has 0 radical (unpaired) electrons. The van der Waals surface area contributed by atoms with Gasteiger partial charge in [-0.25, -0.2) is 0 Å². The molecule has 14 nitrogen and oxygen atoms in total. The van der Waals surface area contributed by atoms with E-state index in [0.29, 0.717) is 12.8 Å². The first-order chi connectivity index (χ1) is 46.6. The molecule has 14 heteroatoms. The molecule has 0 bridgehead atoms. The largest absolute Gasteiger partial charge is 0.394 e. The molecule has 12 atom stereocenters. The van der Waals surface area contributed by atoms with Crippen LogP contribution in [0, 0.1) is 0 Å². The third-order valence-electron chi connectivity index (χ3n) is 17.3. The molecule has 95 heavy (non-hydrogen) atoms. The lowest BCUT2D eigenvalue weighted by Gasteiger charge is -2.46. The molecular weight excluding hydrogens is 1190 g/mol. The summed E-state index contributed by atoms with van der Waals surface area (Å²) in [4.78, 5) is 13.4. The summed E-state index contributed by atoms with van der Waals surface area (Å²) in [5.41, 5.74) is 0. The number of hydrogen-bond acceptors (Lipinski definition) is 13. The molecule has 2 saturated heterocycles. The van der Waals surface area contributed by atoms with Gasteiger partial charge in [-0.05, 0) is 103 Å². The van der Waals surface area contributed by atoms with Crippen LogP contribution in [0.1, 0.15) is 264 Å². The number of carbonyl (C=O) groups is 1. The number of aliphatic hydroxyl groups excluding tert-OH is 8. The van der Waals surface area contributed by atoms with Gasteiger partial charge in [0, 0.05) is 6.42 Å². The third kappa shape index (κ3) is 46.7. The molecule has 0 aromatic rings. The molecule has 2 aliphatic rings. The molecule has 12 unspecified atom stereocenters. The normalized spacial score (nSPS) is 23.2. The highest BCUT2D eigenvalue weighted by molar-refractivity contribution is 5.76. The van der Waals surface area contributed by atoms with E-state index in [4.69, 9.17) is 18.9 Å². The van der Waals surface area contributed by atoms with Crippen molar-refractivity contribution in [3.05, 3.63) is 146 Å². The van der Waals surface area contributed by atoms with E-state index in [0.717, 1.165) is 128 Å². The average Bonchev–Trinajstić information content (AvgIpc) is 0.897. The number of rotatable bonds is 60. The average molecular weight is 1330 g/mol. The maximum atomic E-state index is 13.4. The van der Waals surface area contributed by atoms with E-state index in [-0.39, 0.29) is 18.9 Å².